The highest BCUT2D eigenvalue weighted by Gasteiger charge is 2.19. The summed E-state index contributed by atoms with van der Waals surface area (Å²) >= 11 is 3.25. The zero-order chi connectivity index (χ0) is 14.8. The molecule has 4 nitrogen and oxygen atoms in total. The molecule has 0 saturated carbocycles. The first-order valence-electron chi connectivity index (χ1n) is 5.77. The monoisotopic (exact) mass is 356 g/mol. The standard InChI is InChI=1S/C14H13BrO4S/c1-10-9-11(7-8-13(10)18-2)20(16,17)19-14-6-4-3-5-12(14)15/h3-9H,1-2H3. The van der Waals surface area contributed by atoms with Gasteiger partial charge in [-0.05, 0) is 58.7 Å². The van der Waals surface area contributed by atoms with Crippen LogP contribution >= 0.6 is 15.9 Å². The Hall–Kier alpha value is -1.53. The van der Waals surface area contributed by atoms with Crippen LogP contribution < -0.4 is 8.92 Å². The van der Waals surface area contributed by atoms with E-state index in [0.29, 0.717) is 10.2 Å². The van der Waals surface area contributed by atoms with Crippen LogP contribution in [0.25, 0.3) is 0 Å². The van der Waals surface area contributed by atoms with Crippen molar-refractivity contribution >= 4 is 26.0 Å². The molecule has 0 aromatic heterocycles. The summed E-state index contributed by atoms with van der Waals surface area (Å²) in [7, 11) is -2.33. The first-order valence-corrected chi connectivity index (χ1v) is 7.98. The van der Waals surface area contributed by atoms with E-state index in [2.05, 4.69) is 15.9 Å². The maximum absolute atomic E-state index is 12.2. The van der Waals surface area contributed by atoms with Crippen LogP contribution in [0.1, 0.15) is 5.56 Å². The van der Waals surface area contributed by atoms with Crippen molar-refractivity contribution in [3.8, 4) is 11.5 Å². The van der Waals surface area contributed by atoms with Gasteiger partial charge in [0.2, 0.25) is 0 Å². The van der Waals surface area contributed by atoms with Gasteiger partial charge >= 0.3 is 10.1 Å². The second kappa shape index (κ2) is 5.85. The summed E-state index contributed by atoms with van der Waals surface area (Å²) in [6, 6.07) is 11.4. The molecule has 0 aliphatic rings. The van der Waals surface area contributed by atoms with E-state index in [-0.39, 0.29) is 10.6 Å². The Morgan fingerprint density at radius 1 is 1.05 bits per heavy atom. The van der Waals surface area contributed by atoms with Crippen LogP contribution in [0, 0.1) is 6.92 Å². The number of rotatable bonds is 4. The number of benzene rings is 2. The van der Waals surface area contributed by atoms with E-state index in [1.807, 2.05) is 0 Å². The molecule has 2 aromatic carbocycles. The lowest BCUT2D eigenvalue weighted by Gasteiger charge is -2.10. The highest BCUT2D eigenvalue weighted by molar-refractivity contribution is 9.10. The van der Waals surface area contributed by atoms with E-state index in [0.717, 1.165) is 5.56 Å². The molecule has 0 spiro atoms. The summed E-state index contributed by atoms with van der Waals surface area (Å²) < 4.78 is 35.3. The highest BCUT2D eigenvalue weighted by Crippen LogP contribution is 2.28. The molecule has 0 unspecified atom stereocenters. The molecule has 20 heavy (non-hydrogen) atoms. The molecule has 0 heterocycles. The van der Waals surface area contributed by atoms with E-state index >= 15 is 0 Å². The Bertz CT molecular complexity index is 726. The van der Waals surface area contributed by atoms with Gasteiger partial charge in [-0.15, -0.1) is 0 Å². The number of aryl methyl sites for hydroxylation is 1. The molecule has 0 N–H and O–H groups in total. The second-order valence-corrected chi connectivity index (χ2v) is 6.50. The lowest BCUT2D eigenvalue weighted by atomic mass is 10.2. The highest BCUT2D eigenvalue weighted by atomic mass is 79.9. The molecule has 0 aliphatic heterocycles. The zero-order valence-corrected chi connectivity index (χ0v) is 13.4. The molecule has 2 aromatic rings. The van der Waals surface area contributed by atoms with Gasteiger partial charge in [0.1, 0.15) is 10.6 Å². The van der Waals surface area contributed by atoms with Gasteiger partial charge < -0.3 is 8.92 Å². The Morgan fingerprint density at radius 2 is 1.75 bits per heavy atom. The normalized spacial score (nSPS) is 11.2. The molecule has 0 fully saturated rings. The molecule has 0 bridgehead atoms. The Labute approximate surface area is 126 Å². The summed E-state index contributed by atoms with van der Waals surface area (Å²) in [5, 5.41) is 0. The topological polar surface area (TPSA) is 52.6 Å². The maximum atomic E-state index is 12.2. The largest absolute Gasteiger partial charge is 0.496 e. The first kappa shape index (κ1) is 14.9. The number of hydrogen-bond donors (Lipinski definition) is 0. The first-order chi connectivity index (χ1) is 9.44. The molecular weight excluding hydrogens is 344 g/mol. The van der Waals surface area contributed by atoms with Gasteiger partial charge in [-0.25, -0.2) is 0 Å². The zero-order valence-electron chi connectivity index (χ0n) is 11.0. The van der Waals surface area contributed by atoms with Crippen molar-refractivity contribution in [2.24, 2.45) is 0 Å². The minimum atomic E-state index is -3.87. The van der Waals surface area contributed by atoms with Gasteiger partial charge in [0.25, 0.3) is 0 Å². The number of para-hydroxylation sites is 1. The smallest absolute Gasteiger partial charge is 0.339 e. The van der Waals surface area contributed by atoms with Crippen molar-refractivity contribution in [2.75, 3.05) is 7.11 Å². The minimum absolute atomic E-state index is 0.0894. The van der Waals surface area contributed by atoms with E-state index < -0.39 is 10.1 Å². The molecule has 6 heteroatoms. The van der Waals surface area contributed by atoms with Crippen molar-refractivity contribution in [2.45, 2.75) is 11.8 Å². The van der Waals surface area contributed by atoms with Crippen LogP contribution in [0.4, 0.5) is 0 Å². The lowest BCUT2D eigenvalue weighted by Crippen LogP contribution is -2.10. The number of halogens is 1. The van der Waals surface area contributed by atoms with Crippen LogP contribution in [-0.2, 0) is 10.1 Å². The fourth-order valence-corrected chi connectivity index (χ4v) is 3.19. The molecule has 106 valence electrons. The average molecular weight is 357 g/mol. The van der Waals surface area contributed by atoms with Crippen molar-refractivity contribution in [1.82, 2.24) is 0 Å². The number of hydrogen-bond acceptors (Lipinski definition) is 4. The van der Waals surface area contributed by atoms with Gasteiger partial charge in [0.05, 0.1) is 11.6 Å². The SMILES string of the molecule is COc1ccc(S(=O)(=O)Oc2ccccc2Br)cc1C. The number of ether oxygens (including phenoxy) is 1. The van der Waals surface area contributed by atoms with Crippen LogP contribution in [-0.4, -0.2) is 15.5 Å². The molecule has 0 aliphatic carbocycles. The van der Waals surface area contributed by atoms with Crippen LogP contribution in [0.15, 0.2) is 51.8 Å². The Balaban J connectivity index is 2.36. The van der Waals surface area contributed by atoms with Crippen molar-refractivity contribution < 1.29 is 17.3 Å². The summed E-state index contributed by atoms with van der Waals surface area (Å²) in [6.45, 7) is 1.77. The average Bonchev–Trinajstić information content (AvgIpc) is 2.41. The third-order valence-corrected chi connectivity index (χ3v) is 4.58. The molecule has 0 saturated heterocycles. The Kier molecular flexibility index (Phi) is 4.35. The molecule has 0 radical (unpaired) electrons. The fraction of sp³-hybridized carbons (Fsp3) is 0.143. The van der Waals surface area contributed by atoms with Crippen molar-refractivity contribution in [1.29, 1.82) is 0 Å². The number of methoxy groups -OCH3 is 1. The lowest BCUT2D eigenvalue weighted by molar-refractivity contribution is 0.411. The second-order valence-electron chi connectivity index (χ2n) is 4.10. The third kappa shape index (κ3) is 3.13. The van der Waals surface area contributed by atoms with Gasteiger partial charge in [0.15, 0.2) is 5.75 Å². The Morgan fingerprint density at radius 3 is 2.35 bits per heavy atom. The van der Waals surface area contributed by atoms with Gasteiger partial charge in [-0.1, -0.05) is 12.1 Å². The summed E-state index contributed by atoms with van der Waals surface area (Å²) in [5.41, 5.74) is 0.726. The summed E-state index contributed by atoms with van der Waals surface area (Å²) in [5.74, 6) is 0.880. The van der Waals surface area contributed by atoms with Crippen LogP contribution in [0.5, 0.6) is 11.5 Å². The third-order valence-electron chi connectivity index (χ3n) is 2.69. The van der Waals surface area contributed by atoms with E-state index in [4.69, 9.17) is 8.92 Å². The quantitative estimate of drug-likeness (QED) is 0.786. The minimum Gasteiger partial charge on any atom is -0.496 e. The predicted octanol–water partition coefficient (Wildman–Crippen LogP) is 3.53. The molecular formula is C14H13BrO4S. The van der Waals surface area contributed by atoms with Crippen LogP contribution in [0.2, 0.25) is 0 Å². The maximum Gasteiger partial charge on any atom is 0.339 e. The van der Waals surface area contributed by atoms with E-state index in [1.54, 1.807) is 37.3 Å². The van der Waals surface area contributed by atoms with Gasteiger partial charge in [-0.3, -0.25) is 0 Å². The van der Waals surface area contributed by atoms with E-state index in [1.165, 1.54) is 19.2 Å². The fourth-order valence-electron chi connectivity index (χ4n) is 1.69. The predicted molar refractivity (Wildman–Crippen MR) is 79.7 cm³/mol. The molecule has 0 atom stereocenters. The van der Waals surface area contributed by atoms with Crippen molar-refractivity contribution in [3.63, 3.8) is 0 Å². The van der Waals surface area contributed by atoms with Crippen molar-refractivity contribution in [3.05, 3.63) is 52.5 Å². The molecule has 0 amide bonds. The molecule has 2 rings (SSSR count). The van der Waals surface area contributed by atoms with Crippen LogP contribution in [0.3, 0.4) is 0 Å². The summed E-state index contributed by atoms with van der Waals surface area (Å²) in [4.78, 5) is 0.0894. The summed E-state index contributed by atoms with van der Waals surface area (Å²) in [6.07, 6.45) is 0. The van der Waals surface area contributed by atoms with E-state index in [9.17, 15) is 8.42 Å². The van der Waals surface area contributed by atoms with Gasteiger partial charge in [-0.2, -0.15) is 8.42 Å². The van der Waals surface area contributed by atoms with Gasteiger partial charge in [0, 0.05) is 0 Å².